The second kappa shape index (κ2) is 6.02. The first-order chi connectivity index (χ1) is 7.65. The normalized spacial score (nSPS) is 10.2. The lowest BCUT2D eigenvalue weighted by Crippen LogP contribution is -2.32. The molecule has 1 heterocycles. The molecule has 0 atom stereocenters. The highest BCUT2D eigenvalue weighted by atomic mass is 16.1. The van der Waals surface area contributed by atoms with Crippen LogP contribution in [0, 0.1) is 0 Å². The zero-order valence-electron chi connectivity index (χ0n) is 9.82. The Labute approximate surface area is 95.1 Å². The predicted octanol–water partition coefficient (Wildman–Crippen LogP) is -0.304. The summed E-state index contributed by atoms with van der Waals surface area (Å²) in [6, 6.07) is 0. The molecule has 0 spiro atoms. The number of rotatable bonds is 5. The summed E-state index contributed by atoms with van der Waals surface area (Å²) in [5, 5.41) is 5.47. The number of amides is 1. The Morgan fingerprint density at radius 3 is 2.62 bits per heavy atom. The highest BCUT2D eigenvalue weighted by Crippen LogP contribution is 2.01. The van der Waals surface area contributed by atoms with Crippen LogP contribution in [0.4, 0.5) is 5.82 Å². The zero-order valence-corrected chi connectivity index (χ0v) is 9.82. The molecule has 1 aromatic heterocycles. The largest absolute Gasteiger partial charge is 0.372 e. The SMILES string of the molecule is CNC(=O)CN(C)Cc1cnc(NC)cn1. The topological polar surface area (TPSA) is 70.2 Å². The first kappa shape index (κ1) is 12.4. The van der Waals surface area contributed by atoms with Crippen molar-refractivity contribution in [3.8, 4) is 0 Å². The van der Waals surface area contributed by atoms with Gasteiger partial charge in [0.05, 0.1) is 24.6 Å². The van der Waals surface area contributed by atoms with Gasteiger partial charge in [0.1, 0.15) is 5.82 Å². The summed E-state index contributed by atoms with van der Waals surface area (Å²) < 4.78 is 0. The van der Waals surface area contributed by atoms with E-state index in [1.54, 1.807) is 26.5 Å². The number of aromatic nitrogens is 2. The van der Waals surface area contributed by atoms with Gasteiger partial charge in [0.2, 0.25) is 5.91 Å². The van der Waals surface area contributed by atoms with E-state index in [9.17, 15) is 4.79 Å². The molecule has 1 rings (SSSR count). The van der Waals surface area contributed by atoms with Crippen molar-refractivity contribution in [3.05, 3.63) is 18.1 Å². The molecule has 0 aliphatic rings. The van der Waals surface area contributed by atoms with Crippen molar-refractivity contribution in [2.24, 2.45) is 0 Å². The Balaban J connectivity index is 2.49. The molecule has 0 radical (unpaired) electrons. The van der Waals surface area contributed by atoms with Crippen molar-refractivity contribution in [1.29, 1.82) is 0 Å². The number of hydrogen-bond donors (Lipinski definition) is 2. The van der Waals surface area contributed by atoms with Crippen LogP contribution in [-0.2, 0) is 11.3 Å². The third-order valence-electron chi connectivity index (χ3n) is 2.09. The third-order valence-corrected chi connectivity index (χ3v) is 2.09. The molecular formula is C10H17N5O. The minimum absolute atomic E-state index is 0.0118. The second-order valence-electron chi connectivity index (χ2n) is 3.49. The maximum atomic E-state index is 11.1. The molecule has 0 bridgehead atoms. The predicted molar refractivity (Wildman–Crippen MR) is 62.0 cm³/mol. The summed E-state index contributed by atoms with van der Waals surface area (Å²) in [6.07, 6.45) is 3.37. The molecular weight excluding hydrogens is 206 g/mol. The first-order valence-corrected chi connectivity index (χ1v) is 5.03. The van der Waals surface area contributed by atoms with Crippen LogP contribution in [0.15, 0.2) is 12.4 Å². The highest BCUT2D eigenvalue weighted by Gasteiger charge is 2.06. The van der Waals surface area contributed by atoms with Crippen LogP contribution in [0.3, 0.4) is 0 Å². The summed E-state index contributed by atoms with van der Waals surface area (Å²) >= 11 is 0. The standard InChI is InChI=1S/C10H17N5O/c1-11-9-5-13-8(4-14-9)6-15(3)7-10(16)12-2/h4-5H,6-7H2,1-3H3,(H,11,14)(H,12,16). The van der Waals surface area contributed by atoms with Crippen molar-refractivity contribution in [2.45, 2.75) is 6.54 Å². The van der Waals surface area contributed by atoms with Crippen LogP contribution in [0.1, 0.15) is 5.69 Å². The number of hydrogen-bond acceptors (Lipinski definition) is 5. The van der Waals surface area contributed by atoms with Gasteiger partial charge in [-0.05, 0) is 7.05 Å². The molecule has 16 heavy (non-hydrogen) atoms. The van der Waals surface area contributed by atoms with Crippen LogP contribution in [0.5, 0.6) is 0 Å². The van der Waals surface area contributed by atoms with E-state index in [0.29, 0.717) is 13.1 Å². The minimum Gasteiger partial charge on any atom is -0.372 e. The van der Waals surface area contributed by atoms with Crippen molar-refractivity contribution in [2.75, 3.05) is 33.0 Å². The summed E-state index contributed by atoms with van der Waals surface area (Å²) in [6.45, 7) is 0.955. The average Bonchev–Trinajstić information content (AvgIpc) is 2.29. The molecule has 0 fully saturated rings. The summed E-state index contributed by atoms with van der Waals surface area (Å²) in [5.74, 6) is 0.722. The average molecular weight is 223 g/mol. The second-order valence-corrected chi connectivity index (χ2v) is 3.49. The van der Waals surface area contributed by atoms with Gasteiger partial charge in [-0.25, -0.2) is 4.98 Å². The molecule has 1 aromatic rings. The molecule has 2 N–H and O–H groups in total. The van der Waals surface area contributed by atoms with Crippen LogP contribution in [0.25, 0.3) is 0 Å². The van der Waals surface area contributed by atoms with Crippen molar-refractivity contribution in [3.63, 3.8) is 0 Å². The van der Waals surface area contributed by atoms with E-state index in [2.05, 4.69) is 20.6 Å². The maximum Gasteiger partial charge on any atom is 0.233 e. The summed E-state index contributed by atoms with van der Waals surface area (Å²) in [5.41, 5.74) is 0.838. The van der Waals surface area contributed by atoms with E-state index in [1.165, 1.54) is 0 Å². The Kier molecular flexibility index (Phi) is 4.65. The fraction of sp³-hybridized carbons (Fsp3) is 0.500. The molecule has 88 valence electrons. The molecule has 0 saturated carbocycles. The van der Waals surface area contributed by atoms with Gasteiger partial charge in [0.15, 0.2) is 0 Å². The molecule has 0 saturated heterocycles. The van der Waals surface area contributed by atoms with Crippen molar-refractivity contribution < 1.29 is 4.79 Å². The summed E-state index contributed by atoms with van der Waals surface area (Å²) in [7, 11) is 5.28. The van der Waals surface area contributed by atoms with E-state index < -0.39 is 0 Å². The van der Waals surface area contributed by atoms with E-state index in [1.807, 2.05) is 11.9 Å². The Hall–Kier alpha value is -1.69. The first-order valence-electron chi connectivity index (χ1n) is 5.03. The van der Waals surface area contributed by atoms with Crippen LogP contribution < -0.4 is 10.6 Å². The number of anilines is 1. The van der Waals surface area contributed by atoms with Gasteiger partial charge >= 0.3 is 0 Å². The number of carbonyl (C=O) groups is 1. The van der Waals surface area contributed by atoms with Crippen molar-refractivity contribution >= 4 is 11.7 Å². The fourth-order valence-electron chi connectivity index (χ4n) is 1.22. The molecule has 6 heteroatoms. The number of nitrogens with one attached hydrogen (secondary N) is 2. The van der Waals surface area contributed by atoms with Crippen LogP contribution >= 0.6 is 0 Å². The van der Waals surface area contributed by atoms with Crippen LogP contribution in [-0.4, -0.2) is 48.5 Å². The van der Waals surface area contributed by atoms with Gasteiger partial charge in [-0.3, -0.25) is 14.7 Å². The van der Waals surface area contributed by atoms with E-state index in [4.69, 9.17) is 0 Å². The van der Waals surface area contributed by atoms with Gasteiger partial charge < -0.3 is 10.6 Å². The lowest BCUT2D eigenvalue weighted by Gasteiger charge is -2.14. The molecule has 0 aromatic carbocycles. The number of nitrogens with zero attached hydrogens (tertiary/aromatic N) is 3. The Morgan fingerprint density at radius 2 is 2.12 bits per heavy atom. The van der Waals surface area contributed by atoms with Gasteiger partial charge in [-0.15, -0.1) is 0 Å². The van der Waals surface area contributed by atoms with E-state index in [0.717, 1.165) is 11.5 Å². The lowest BCUT2D eigenvalue weighted by atomic mass is 10.4. The zero-order chi connectivity index (χ0) is 12.0. The lowest BCUT2D eigenvalue weighted by molar-refractivity contribution is -0.121. The molecule has 0 unspecified atom stereocenters. The van der Waals surface area contributed by atoms with Gasteiger partial charge in [0.25, 0.3) is 0 Å². The highest BCUT2D eigenvalue weighted by molar-refractivity contribution is 5.77. The Bertz CT molecular complexity index is 338. The third kappa shape index (κ3) is 3.82. The molecule has 1 amide bonds. The quantitative estimate of drug-likeness (QED) is 0.717. The van der Waals surface area contributed by atoms with Gasteiger partial charge in [0, 0.05) is 20.6 Å². The van der Waals surface area contributed by atoms with Gasteiger partial charge in [-0.2, -0.15) is 0 Å². The molecule has 0 aliphatic carbocycles. The number of likely N-dealkylation sites (N-methyl/N-ethyl adjacent to an activating group) is 2. The number of carbonyl (C=O) groups excluding carboxylic acids is 1. The van der Waals surface area contributed by atoms with E-state index >= 15 is 0 Å². The molecule has 6 nitrogen and oxygen atoms in total. The summed E-state index contributed by atoms with van der Waals surface area (Å²) in [4.78, 5) is 21.4. The smallest absolute Gasteiger partial charge is 0.233 e. The van der Waals surface area contributed by atoms with Crippen molar-refractivity contribution in [1.82, 2.24) is 20.2 Å². The van der Waals surface area contributed by atoms with Crippen LogP contribution in [0.2, 0.25) is 0 Å². The van der Waals surface area contributed by atoms with Gasteiger partial charge in [-0.1, -0.05) is 0 Å². The Morgan fingerprint density at radius 1 is 1.38 bits per heavy atom. The van der Waals surface area contributed by atoms with E-state index in [-0.39, 0.29) is 5.91 Å². The minimum atomic E-state index is -0.0118. The monoisotopic (exact) mass is 223 g/mol. The maximum absolute atomic E-state index is 11.1. The fourth-order valence-corrected chi connectivity index (χ4v) is 1.22. The molecule has 0 aliphatic heterocycles.